The second-order valence-corrected chi connectivity index (χ2v) is 8.03. The molecule has 0 radical (unpaired) electrons. The molecule has 4 heteroatoms. The van der Waals surface area contributed by atoms with E-state index >= 15 is 0 Å². The highest BCUT2D eigenvalue weighted by molar-refractivity contribution is 6.30. The Morgan fingerprint density at radius 2 is 1.68 bits per heavy atom. The van der Waals surface area contributed by atoms with Crippen LogP contribution in [-0.2, 0) is 5.41 Å². The fraction of sp³-hybridized carbons (Fsp3) is 0.208. The van der Waals surface area contributed by atoms with E-state index in [-0.39, 0.29) is 16.0 Å². The fourth-order valence-electron chi connectivity index (χ4n) is 2.88. The van der Waals surface area contributed by atoms with E-state index in [9.17, 15) is 4.79 Å². The van der Waals surface area contributed by atoms with Crippen molar-refractivity contribution in [2.24, 2.45) is 0 Å². The maximum absolute atomic E-state index is 12.0. The lowest BCUT2D eigenvalue weighted by atomic mass is 9.86. The lowest BCUT2D eigenvalue weighted by Crippen LogP contribution is -2.11. The Kier molecular flexibility index (Phi) is 6.05. The molecule has 1 heterocycles. The Bertz CT molecular complexity index is 1010. The summed E-state index contributed by atoms with van der Waals surface area (Å²) in [6.45, 7) is 6.93. The number of halogens is 1. The first kappa shape index (κ1) is 20.0. The van der Waals surface area contributed by atoms with E-state index in [4.69, 9.17) is 16.3 Å². The number of aromatic nitrogens is 1. The summed E-state index contributed by atoms with van der Waals surface area (Å²) in [5.41, 5.74) is 3.62. The maximum atomic E-state index is 12.0. The molecule has 1 aromatic heterocycles. The van der Waals surface area contributed by atoms with Crippen LogP contribution in [0.25, 0.3) is 5.57 Å². The first-order valence-corrected chi connectivity index (χ1v) is 9.60. The third-order valence-electron chi connectivity index (χ3n) is 4.49. The number of nitrogens with one attached hydrogen (secondary N) is 1. The van der Waals surface area contributed by atoms with Crippen molar-refractivity contribution < 1.29 is 4.74 Å². The largest absolute Gasteiger partial charge is 0.490 e. The smallest absolute Gasteiger partial charge is 0.267 e. The van der Waals surface area contributed by atoms with Gasteiger partial charge in [-0.05, 0) is 46.9 Å². The number of hydrogen-bond acceptors (Lipinski definition) is 2. The number of H-pyrrole nitrogens is 1. The van der Waals surface area contributed by atoms with Gasteiger partial charge in [-0.2, -0.15) is 0 Å². The second-order valence-electron chi connectivity index (χ2n) is 7.62. The van der Waals surface area contributed by atoms with Crippen LogP contribution in [-0.4, -0.2) is 11.6 Å². The SMILES string of the molecule is CC(C)(C)c1ccc(C(=CCOc2ccccc2)c2ccc(Cl)c(=O)[nH]2)cc1. The summed E-state index contributed by atoms with van der Waals surface area (Å²) in [5.74, 6) is 0.797. The van der Waals surface area contributed by atoms with Gasteiger partial charge in [0.25, 0.3) is 5.56 Å². The number of pyridine rings is 1. The van der Waals surface area contributed by atoms with Crippen LogP contribution >= 0.6 is 11.6 Å². The Balaban J connectivity index is 1.95. The standard InChI is InChI=1S/C24H24ClNO2/c1-24(2,3)18-11-9-17(10-12-18)20(22-14-13-21(25)23(27)26-22)15-16-28-19-7-5-4-6-8-19/h4-15H,16H2,1-3H3,(H,26,27). The van der Waals surface area contributed by atoms with Gasteiger partial charge in [-0.1, -0.05) is 74.8 Å². The van der Waals surface area contributed by atoms with Crippen LogP contribution in [0.5, 0.6) is 5.75 Å². The number of aromatic amines is 1. The van der Waals surface area contributed by atoms with Gasteiger partial charge < -0.3 is 9.72 Å². The summed E-state index contributed by atoms with van der Waals surface area (Å²) in [5, 5.41) is 0.173. The molecule has 0 saturated heterocycles. The van der Waals surface area contributed by atoms with Crippen molar-refractivity contribution in [3.8, 4) is 5.75 Å². The van der Waals surface area contributed by atoms with Gasteiger partial charge in [0.2, 0.25) is 0 Å². The van der Waals surface area contributed by atoms with E-state index < -0.39 is 0 Å². The van der Waals surface area contributed by atoms with E-state index in [0.29, 0.717) is 12.3 Å². The monoisotopic (exact) mass is 393 g/mol. The van der Waals surface area contributed by atoms with Gasteiger partial charge in [0.05, 0.1) is 0 Å². The van der Waals surface area contributed by atoms with E-state index in [1.54, 1.807) is 6.07 Å². The van der Waals surface area contributed by atoms with Crippen molar-refractivity contribution in [2.75, 3.05) is 6.61 Å². The molecule has 0 aliphatic heterocycles. The van der Waals surface area contributed by atoms with Crippen LogP contribution in [0.4, 0.5) is 0 Å². The molecule has 28 heavy (non-hydrogen) atoms. The summed E-state index contributed by atoms with van der Waals surface area (Å²) in [4.78, 5) is 14.9. The van der Waals surface area contributed by atoms with E-state index in [2.05, 4.69) is 50.0 Å². The highest BCUT2D eigenvalue weighted by atomic mass is 35.5. The number of para-hydroxylation sites is 1. The van der Waals surface area contributed by atoms with Crippen LogP contribution in [0, 0.1) is 0 Å². The van der Waals surface area contributed by atoms with Crippen molar-refractivity contribution in [1.82, 2.24) is 4.98 Å². The number of hydrogen-bond donors (Lipinski definition) is 1. The summed E-state index contributed by atoms with van der Waals surface area (Å²) in [6.07, 6.45) is 1.97. The molecule has 0 atom stereocenters. The van der Waals surface area contributed by atoms with Crippen LogP contribution in [0.2, 0.25) is 5.02 Å². The van der Waals surface area contributed by atoms with Crippen molar-refractivity contribution >= 4 is 17.2 Å². The zero-order valence-corrected chi connectivity index (χ0v) is 17.1. The minimum absolute atomic E-state index is 0.0768. The molecule has 0 spiro atoms. The van der Waals surface area contributed by atoms with Crippen LogP contribution in [0.1, 0.15) is 37.6 Å². The Hall–Kier alpha value is -2.78. The van der Waals surface area contributed by atoms with Crippen molar-refractivity contribution in [3.05, 3.63) is 105 Å². The molecule has 0 amide bonds. The predicted octanol–water partition coefficient (Wildman–Crippen LogP) is 5.84. The first-order valence-electron chi connectivity index (χ1n) is 9.23. The van der Waals surface area contributed by atoms with Gasteiger partial charge in [0.1, 0.15) is 17.4 Å². The molecule has 0 saturated carbocycles. The molecule has 0 bridgehead atoms. The summed E-state index contributed by atoms with van der Waals surface area (Å²) in [7, 11) is 0. The highest BCUT2D eigenvalue weighted by Crippen LogP contribution is 2.27. The maximum Gasteiger partial charge on any atom is 0.267 e. The highest BCUT2D eigenvalue weighted by Gasteiger charge is 2.14. The Morgan fingerprint density at radius 3 is 2.29 bits per heavy atom. The van der Waals surface area contributed by atoms with Gasteiger partial charge in [-0.15, -0.1) is 0 Å². The fourth-order valence-corrected chi connectivity index (χ4v) is 2.99. The third kappa shape index (κ3) is 4.93. The Morgan fingerprint density at radius 1 is 1.00 bits per heavy atom. The van der Waals surface area contributed by atoms with Crippen molar-refractivity contribution in [2.45, 2.75) is 26.2 Å². The summed E-state index contributed by atoms with van der Waals surface area (Å²) < 4.78 is 5.82. The third-order valence-corrected chi connectivity index (χ3v) is 4.79. The summed E-state index contributed by atoms with van der Waals surface area (Å²) in [6, 6.07) is 21.5. The van der Waals surface area contributed by atoms with Crippen molar-refractivity contribution in [3.63, 3.8) is 0 Å². The molecule has 144 valence electrons. The van der Waals surface area contributed by atoms with Crippen LogP contribution in [0.15, 0.2) is 77.6 Å². The van der Waals surface area contributed by atoms with E-state index in [1.807, 2.05) is 42.5 Å². The molecule has 0 aliphatic rings. The average Bonchev–Trinajstić information content (AvgIpc) is 2.68. The Labute approximate surface area is 170 Å². The van der Waals surface area contributed by atoms with Gasteiger partial charge in [0.15, 0.2) is 0 Å². The molecule has 2 aromatic carbocycles. The molecule has 0 unspecified atom stereocenters. The molecule has 3 aromatic rings. The first-order chi connectivity index (χ1) is 13.3. The molecule has 3 rings (SSSR count). The quantitative estimate of drug-likeness (QED) is 0.591. The van der Waals surface area contributed by atoms with Gasteiger partial charge >= 0.3 is 0 Å². The van der Waals surface area contributed by atoms with E-state index in [0.717, 1.165) is 16.9 Å². The predicted molar refractivity (Wildman–Crippen MR) is 116 cm³/mol. The molecule has 0 aliphatic carbocycles. The average molecular weight is 394 g/mol. The van der Waals surface area contributed by atoms with Gasteiger partial charge in [-0.25, -0.2) is 0 Å². The van der Waals surface area contributed by atoms with Crippen LogP contribution < -0.4 is 10.3 Å². The normalized spacial score (nSPS) is 12.1. The molecule has 1 N–H and O–H groups in total. The topological polar surface area (TPSA) is 42.1 Å². The minimum atomic E-state index is -0.305. The summed E-state index contributed by atoms with van der Waals surface area (Å²) >= 11 is 5.90. The van der Waals surface area contributed by atoms with Crippen molar-refractivity contribution in [1.29, 1.82) is 0 Å². The van der Waals surface area contributed by atoms with Gasteiger partial charge in [0, 0.05) is 11.3 Å². The van der Waals surface area contributed by atoms with Gasteiger partial charge in [-0.3, -0.25) is 4.79 Å². The molecular formula is C24H24ClNO2. The lowest BCUT2D eigenvalue weighted by molar-refractivity contribution is 0.363. The molecular weight excluding hydrogens is 370 g/mol. The lowest BCUT2D eigenvalue weighted by Gasteiger charge is -2.19. The van der Waals surface area contributed by atoms with Crippen LogP contribution in [0.3, 0.4) is 0 Å². The number of benzene rings is 2. The number of ether oxygens (including phenoxy) is 1. The molecule has 0 fully saturated rings. The van der Waals surface area contributed by atoms with E-state index in [1.165, 1.54) is 5.56 Å². The second kappa shape index (κ2) is 8.49. The zero-order valence-electron chi connectivity index (χ0n) is 16.3. The molecule has 3 nitrogen and oxygen atoms in total. The minimum Gasteiger partial charge on any atom is -0.490 e. The number of rotatable bonds is 5. The zero-order chi connectivity index (χ0) is 20.1.